The van der Waals surface area contributed by atoms with Gasteiger partial charge in [-0.2, -0.15) is 0 Å². The van der Waals surface area contributed by atoms with E-state index >= 15 is 0 Å². The highest BCUT2D eigenvalue weighted by Gasteiger charge is 2.21. The molecule has 0 saturated heterocycles. The summed E-state index contributed by atoms with van der Waals surface area (Å²) in [7, 11) is 0. The maximum absolute atomic E-state index is 12.2. The van der Waals surface area contributed by atoms with Crippen molar-refractivity contribution in [3.8, 4) is 5.75 Å². The van der Waals surface area contributed by atoms with Crippen LogP contribution in [-0.2, 0) is 4.79 Å². The van der Waals surface area contributed by atoms with Crippen molar-refractivity contribution >= 4 is 17.3 Å². The molecule has 1 aromatic carbocycles. The van der Waals surface area contributed by atoms with E-state index in [1.165, 1.54) is 18.2 Å². The molecular formula is C14H18N2O4. The van der Waals surface area contributed by atoms with Crippen LogP contribution in [0.1, 0.15) is 38.5 Å². The van der Waals surface area contributed by atoms with E-state index in [0.29, 0.717) is 0 Å². The number of aromatic hydroxyl groups is 1. The minimum Gasteiger partial charge on any atom is -0.506 e. The van der Waals surface area contributed by atoms with Crippen LogP contribution in [0, 0.1) is 16.0 Å². The lowest BCUT2D eigenvalue weighted by molar-refractivity contribution is -0.384. The third-order valence-electron chi connectivity index (χ3n) is 3.67. The third kappa shape index (κ3) is 3.46. The summed E-state index contributed by atoms with van der Waals surface area (Å²) in [6.07, 6.45) is 6.01. The van der Waals surface area contributed by atoms with Gasteiger partial charge in [-0.15, -0.1) is 0 Å². The molecule has 1 fully saturated rings. The van der Waals surface area contributed by atoms with Crippen molar-refractivity contribution in [2.75, 3.05) is 5.32 Å². The fraction of sp³-hybridized carbons (Fsp3) is 0.500. The normalized spacial score (nSPS) is 16.4. The predicted octanol–water partition coefficient (Wildman–Crippen LogP) is 3.21. The molecule has 0 aliphatic heterocycles. The molecule has 6 heteroatoms. The molecule has 1 aliphatic rings. The second-order valence-electron chi connectivity index (χ2n) is 5.14. The molecule has 1 aliphatic carbocycles. The van der Waals surface area contributed by atoms with E-state index in [2.05, 4.69) is 5.32 Å². The van der Waals surface area contributed by atoms with E-state index in [1.54, 1.807) is 0 Å². The van der Waals surface area contributed by atoms with Crippen LogP contribution in [0.3, 0.4) is 0 Å². The van der Waals surface area contributed by atoms with Gasteiger partial charge in [0.05, 0.1) is 10.6 Å². The highest BCUT2D eigenvalue weighted by molar-refractivity contribution is 5.94. The second-order valence-corrected chi connectivity index (χ2v) is 5.14. The number of amides is 1. The zero-order chi connectivity index (χ0) is 14.5. The van der Waals surface area contributed by atoms with Crippen molar-refractivity contribution in [2.24, 2.45) is 5.92 Å². The number of phenolic OH excluding ortho intramolecular Hbond substituents is 1. The summed E-state index contributed by atoms with van der Waals surface area (Å²) in [5, 5.41) is 23.0. The van der Waals surface area contributed by atoms with Crippen molar-refractivity contribution in [2.45, 2.75) is 38.5 Å². The number of carbonyl (C=O) groups is 1. The van der Waals surface area contributed by atoms with Gasteiger partial charge < -0.3 is 10.4 Å². The van der Waals surface area contributed by atoms with Crippen molar-refractivity contribution in [3.63, 3.8) is 0 Å². The number of hydrogen-bond acceptors (Lipinski definition) is 4. The maximum Gasteiger partial charge on any atom is 0.271 e. The number of carbonyl (C=O) groups excluding carboxylic acids is 1. The Morgan fingerprint density at radius 1 is 1.25 bits per heavy atom. The molecule has 2 N–H and O–H groups in total. The lowest BCUT2D eigenvalue weighted by Crippen LogP contribution is -2.22. The van der Waals surface area contributed by atoms with Crippen LogP contribution in [0.25, 0.3) is 0 Å². The quantitative estimate of drug-likeness (QED) is 0.384. The molecule has 1 amide bonds. The Bertz CT molecular complexity index is 508. The number of nitrogens with one attached hydrogen (secondary N) is 1. The fourth-order valence-electron chi connectivity index (χ4n) is 2.51. The molecular weight excluding hydrogens is 260 g/mol. The maximum atomic E-state index is 12.2. The van der Waals surface area contributed by atoms with E-state index < -0.39 is 4.92 Å². The van der Waals surface area contributed by atoms with E-state index in [9.17, 15) is 20.0 Å². The minimum absolute atomic E-state index is 0.0730. The van der Waals surface area contributed by atoms with Gasteiger partial charge in [0.1, 0.15) is 5.75 Å². The lowest BCUT2D eigenvalue weighted by Gasteiger charge is -2.14. The largest absolute Gasteiger partial charge is 0.506 e. The van der Waals surface area contributed by atoms with Gasteiger partial charge in [0.25, 0.3) is 5.69 Å². The zero-order valence-electron chi connectivity index (χ0n) is 11.2. The first-order valence-corrected chi connectivity index (χ1v) is 6.86. The van der Waals surface area contributed by atoms with Crippen molar-refractivity contribution < 1.29 is 14.8 Å². The minimum atomic E-state index is -0.555. The summed E-state index contributed by atoms with van der Waals surface area (Å²) in [5.41, 5.74) is -0.0487. The average Bonchev–Trinajstić information content (AvgIpc) is 2.70. The van der Waals surface area contributed by atoms with Crippen molar-refractivity contribution in [1.82, 2.24) is 0 Å². The van der Waals surface area contributed by atoms with Gasteiger partial charge >= 0.3 is 0 Å². The highest BCUT2D eigenvalue weighted by Crippen LogP contribution is 2.30. The smallest absolute Gasteiger partial charge is 0.271 e. The number of rotatable bonds is 3. The number of nitrogens with zero attached hydrogens (tertiary/aromatic N) is 1. The number of phenols is 1. The Kier molecular flexibility index (Phi) is 4.55. The number of benzene rings is 1. The molecule has 1 aromatic rings. The van der Waals surface area contributed by atoms with Gasteiger partial charge in [-0.25, -0.2) is 0 Å². The summed E-state index contributed by atoms with van der Waals surface area (Å²) in [6, 6.07) is 3.61. The summed E-state index contributed by atoms with van der Waals surface area (Å²) < 4.78 is 0. The van der Waals surface area contributed by atoms with Crippen LogP contribution >= 0.6 is 0 Å². The summed E-state index contributed by atoms with van der Waals surface area (Å²) in [5.74, 6) is -0.392. The standard InChI is InChI=1S/C14H18N2O4/c17-13-8-7-11(16(19)20)9-12(13)15-14(18)10-5-3-1-2-4-6-10/h7-10,17H,1-6H2,(H,15,18). The van der Waals surface area contributed by atoms with Crippen LogP contribution in [0.2, 0.25) is 0 Å². The van der Waals surface area contributed by atoms with Crippen molar-refractivity contribution in [3.05, 3.63) is 28.3 Å². The van der Waals surface area contributed by atoms with E-state index in [-0.39, 0.29) is 28.9 Å². The second kappa shape index (κ2) is 6.36. The first-order chi connectivity index (χ1) is 9.58. The molecule has 0 atom stereocenters. The number of nitro groups is 1. The number of non-ortho nitro benzene ring substituents is 1. The van der Waals surface area contributed by atoms with Gasteiger partial charge in [0.2, 0.25) is 5.91 Å². The predicted molar refractivity (Wildman–Crippen MR) is 74.6 cm³/mol. The SMILES string of the molecule is O=C(Nc1cc([N+](=O)[O-])ccc1O)C1CCCCCC1. The molecule has 1 saturated carbocycles. The van der Waals surface area contributed by atoms with Crippen LogP contribution in [0.15, 0.2) is 18.2 Å². The Morgan fingerprint density at radius 2 is 1.90 bits per heavy atom. The molecule has 0 unspecified atom stereocenters. The van der Waals surface area contributed by atoms with E-state index in [4.69, 9.17) is 0 Å². The fourth-order valence-corrected chi connectivity index (χ4v) is 2.51. The average molecular weight is 278 g/mol. The molecule has 0 heterocycles. The molecule has 0 spiro atoms. The number of nitro benzene ring substituents is 1. The van der Waals surface area contributed by atoms with Gasteiger partial charge in [-0.1, -0.05) is 25.7 Å². The number of hydrogen-bond donors (Lipinski definition) is 2. The highest BCUT2D eigenvalue weighted by atomic mass is 16.6. The monoisotopic (exact) mass is 278 g/mol. The Labute approximate surface area is 117 Å². The first-order valence-electron chi connectivity index (χ1n) is 6.86. The molecule has 0 radical (unpaired) electrons. The Morgan fingerprint density at radius 3 is 2.50 bits per heavy atom. The van der Waals surface area contributed by atoms with Gasteiger partial charge in [-0.3, -0.25) is 14.9 Å². The molecule has 2 rings (SSSR count). The topological polar surface area (TPSA) is 92.5 Å². The van der Waals surface area contributed by atoms with Gasteiger partial charge in [-0.05, 0) is 18.9 Å². The van der Waals surface area contributed by atoms with Crippen molar-refractivity contribution in [1.29, 1.82) is 0 Å². The Balaban J connectivity index is 2.10. The van der Waals surface area contributed by atoms with E-state index in [0.717, 1.165) is 38.5 Å². The molecule has 108 valence electrons. The van der Waals surface area contributed by atoms with Gasteiger partial charge in [0, 0.05) is 18.1 Å². The molecule has 0 bridgehead atoms. The van der Waals surface area contributed by atoms with E-state index in [1.807, 2.05) is 0 Å². The number of anilines is 1. The third-order valence-corrected chi connectivity index (χ3v) is 3.67. The first kappa shape index (κ1) is 14.3. The van der Waals surface area contributed by atoms with Crippen LogP contribution < -0.4 is 5.32 Å². The van der Waals surface area contributed by atoms with Crippen LogP contribution in [0.5, 0.6) is 5.75 Å². The van der Waals surface area contributed by atoms with Crippen LogP contribution in [-0.4, -0.2) is 15.9 Å². The molecule has 6 nitrogen and oxygen atoms in total. The Hall–Kier alpha value is -2.11. The summed E-state index contributed by atoms with van der Waals surface area (Å²) in [4.78, 5) is 22.3. The molecule has 20 heavy (non-hydrogen) atoms. The van der Waals surface area contributed by atoms with Crippen LogP contribution in [0.4, 0.5) is 11.4 Å². The summed E-state index contributed by atoms with van der Waals surface area (Å²) in [6.45, 7) is 0. The molecule has 0 aromatic heterocycles. The summed E-state index contributed by atoms with van der Waals surface area (Å²) >= 11 is 0. The van der Waals surface area contributed by atoms with Gasteiger partial charge in [0.15, 0.2) is 0 Å². The zero-order valence-corrected chi connectivity index (χ0v) is 11.2. The lowest BCUT2D eigenvalue weighted by atomic mass is 9.99.